The first-order valence-electron chi connectivity index (χ1n) is 5.19. The molecule has 0 aliphatic rings. The van der Waals surface area contributed by atoms with Crippen LogP contribution in [0.15, 0.2) is 46.8 Å². The van der Waals surface area contributed by atoms with Crippen molar-refractivity contribution in [2.24, 2.45) is 0 Å². The molecular formula is C12H7N5S. The molecule has 0 saturated heterocycles. The van der Waals surface area contributed by atoms with Crippen LogP contribution in [0.4, 0.5) is 0 Å². The minimum atomic E-state index is 0.634. The van der Waals surface area contributed by atoms with E-state index in [9.17, 15) is 0 Å². The highest BCUT2D eigenvalue weighted by atomic mass is 32.2. The largest absolute Gasteiger partial charge is 0.341 e. The SMILES string of the molecule is N#Cc1cccc(Sc2ncnc3nc[nH]c23)c1. The maximum Gasteiger partial charge on any atom is 0.181 e. The Balaban J connectivity index is 2.01. The van der Waals surface area contributed by atoms with Gasteiger partial charge in [0.05, 0.1) is 18.0 Å². The van der Waals surface area contributed by atoms with E-state index in [0.717, 1.165) is 15.4 Å². The molecule has 1 N–H and O–H groups in total. The third kappa shape index (κ3) is 1.92. The van der Waals surface area contributed by atoms with E-state index in [2.05, 4.69) is 26.0 Å². The molecule has 0 radical (unpaired) electrons. The van der Waals surface area contributed by atoms with Gasteiger partial charge in [-0.3, -0.25) is 0 Å². The van der Waals surface area contributed by atoms with E-state index in [1.165, 1.54) is 18.1 Å². The van der Waals surface area contributed by atoms with Crippen molar-refractivity contribution < 1.29 is 0 Å². The molecule has 0 aliphatic heterocycles. The van der Waals surface area contributed by atoms with Gasteiger partial charge < -0.3 is 4.98 Å². The van der Waals surface area contributed by atoms with Gasteiger partial charge in [0.1, 0.15) is 16.9 Å². The maximum atomic E-state index is 8.87. The summed E-state index contributed by atoms with van der Waals surface area (Å²) in [6.45, 7) is 0. The summed E-state index contributed by atoms with van der Waals surface area (Å²) in [5.74, 6) is 0. The second-order valence-electron chi connectivity index (χ2n) is 3.52. The third-order valence-electron chi connectivity index (χ3n) is 2.37. The summed E-state index contributed by atoms with van der Waals surface area (Å²) in [5, 5.41) is 9.66. The highest BCUT2D eigenvalue weighted by Gasteiger charge is 2.07. The molecule has 5 nitrogen and oxygen atoms in total. The molecule has 18 heavy (non-hydrogen) atoms. The molecule has 0 amide bonds. The number of nitrogens with one attached hydrogen (secondary N) is 1. The van der Waals surface area contributed by atoms with Crippen LogP contribution in [0.1, 0.15) is 5.56 Å². The summed E-state index contributed by atoms with van der Waals surface area (Å²) in [5.41, 5.74) is 2.09. The van der Waals surface area contributed by atoms with Gasteiger partial charge in [0.25, 0.3) is 0 Å². The van der Waals surface area contributed by atoms with Crippen molar-refractivity contribution in [2.75, 3.05) is 0 Å². The molecule has 2 heterocycles. The first kappa shape index (κ1) is 10.7. The van der Waals surface area contributed by atoms with Crippen LogP contribution in [-0.4, -0.2) is 19.9 Å². The van der Waals surface area contributed by atoms with Crippen molar-refractivity contribution in [2.45, 2.75) is 9.92 Å². The minimum absolute atomic E-state index is 0.634. The Kier molecular flexibility index (Phi) is 2.67. The Morgan fingerprint density at radius 2 is 2.17 bits per heavy atom. The Morgan fingerprint density at radius 3 is 3.06 bits per heavy atom. The van der Waals surface area contributed by atoms with E-state index in [0.29, 0.717) is 11.2 Å². The van der Waals surface area contributed by atoms with E-state index in [1.54, 1.807) is 12.4 Å². The quantitative estimate of drug-likeness (QED) is 0.709. The molecule has 0 spiro atoms. The lowest BCUT2D eigenvalue weighted by molar-refractivity contribution is 1.08. The second-order valence-corrected chi connectivity index (χ2v) is 4.58. The number of hydrogen-bond donors (Lipinski definition) is 1. The lowest BCUT2D eigenvalue weighted by Crippen LogP contribution is -1.86. The van der Waals surface area contributed by atoms with Gasteiger partial charge in [-0.2, -0.15) is 5.26 Å². The van der Waals surface area contributed by atoms with Crippen LogP contribution in [0.5, 0.6) is 0 Å². The standard InChI is InChI=1S/C12H7N5S/c13-5-8-2-1-3-9(4-8)18-12-10-11(15-6-14-10)16-7-17-12/h1-4,6-7H,(H,14,15,16,17). The van der Waals surface area contributed by atoms with Crippen LogP contribution in [0, 0.1) is 11.3 Å². The molecule has 0 bridgehead atoms. The number of aromatic nitrogens is 4. The Bertz CT molecular complexity index is 743. The average Bonchev–Trinajstić information content (AvgIpc) is 2.88. The number of aromatic amines is 1. The van der Waals surface area contributed by atoms with Gasteiger partial charge in [-0.25, -0.2) is 15.0 Å². The van der Waals surface area contributed by atoms with Crippen molar-refractivity contribution in [3.63, 3.8) is 0 Å². The normalized spacial score (nSPS) is 10.4. The smallest absolute Gasteiger partial charge is 0.181 e. The van der Waals surface area contributed by atoms with Crippen LogP contribution in [0.25, 0.3) is 11.2 Å². The fraction of sp³-hybridized carbons (Fsp3) is 0. The Hall–Kier alpha value is -2.39. The van der Waals surface area contributed by atoms with Crippen LogP contribution in [-0.2, 0) is 0 Å². The highest BCUT2D eigenvalue weighted by Crippen LogP contribution is 2.29. The number of rotatable bonds is 2. The van der Waals surface area contributed by atoms with Gasteiger partial charge in [0.15, 0.2) is 5.65 Å². The molecule has 2 aromatic heterocycles. The van der Waals surface area contributed by atoms with Crippen molar-refractivity contribution in [1.82, 2.24) is 19.9 Å². The van der Waals surface area contributed by atoms with Crippen LogP contribution in [0.2, 0.25) is 0 Å². The summed E-state index contributed by atoms with van der Waals surface area (Å²) in [4.78, 5) is 16.3. The van der Waals surface area contributed by atoms with E-state index in [-0.39, 0.29) is 0 Å². The van der Waals surface area contributed by atoms with Crippen molar-refractivity contribution in [3.8, 4) is 6.07 Å². The Morgan fingerprint density at radius 1 is 1.22 bits per heavy atom. The molecule has 1 aromatic carbocycles. The summed E-state index contributed by atoms with van der Waals surface area (Å²) >= 11 is 1.48. The molecule has 6 heteroatoms. The predicted molar refractivity (Wildman–Crippen MR) is 67.0 cm³/mol. The van der Waals surface area contributed by atoms with Crippen LogP contribution in [0.3, 0.4) is 0 Å². The zero-order chi connectivity index (χ0) is 12.4. The van der Waals surface area contributed by atoms with Gasteiger partial charge in [-0.1, -0.05) is 17.8 Å². The zero-order valence-corrected chi connectivity index (χ0v) is 9.98. The van der Waals surface area contributed by atoms with Gasteiger partial charge in [-0.15, -0.1) is 0 Å². The highest BCUT2D eigenvalue weighted by molar-refractivity contribution is 7.99. The molecule has 0 atom stereocenters. The van der Waals surface area contributed by atoms with Gasteiger partial charge in [-0.05, 0) is 18.2 Å². The fourth-order valence-corrected chi connectivity index (χ4v) is 2.47. The van der Waals surface area contributed by atoms with Crippen LogP contribution < -0.4 is 0 Å². The number of H-pyrrole nitrogens is 1. The first-order chi connectivity index (χ1) is 8.86. The van der Waals surface area contributed by atoms with Crippen LogP contribution >= 0.6 is 11.8 Å². The monoisotopic (exact) mass is 253 g/mol. The second kappa shape index (κ2) is 4.47. The summed E-state index contributed by atoms with van der Waals surface area (Å²) < 4.78 is 0. The average molecular weight is 253 g/mol. The maximum absolute atomic E-state index is 8.87. The number of hydrogen-bond acceptors (Lipinski definition) is 5. The Labute approximate surface area is 107 Å². The number of benzene rings is 1. The molecule has 0 saturated carbocycles. The molecule has 3 aromatic rings. The number of nitriles is 1. The third-order valence-corrected chi connectivity index (χ3v) is 3.36. The van der Waals surface area contributed by atoms with Crippen molar-refractivity contribution >= 4 is 22.9 Å². The van der Waals surface area contributed by atoms with E-state index < -0.39 is 0 Å². The first-order valence-corrected chi connectivity index (χ1v) is 6.00. The lowest BCUT2D eigenvalue weighted by Gasteiger charge is -2.01. The van der Waals surface area contributed by atoms with Gasteiger partial charge in [0.2, 0.25) is 0 Å². The molecular weight excluding hydrogens is 246 g/mol. The van der Waals surface area contributed by atoms with E-state index in [4.69, 9.17) is 5.26 Å². The van der Waals surface area contributed by atoms with Crippen molar-refractivity contribution in [3.05, 3.63) is 42.5 Å². The predicted octanol–water partition coefficient (Wildman–Crippen LogP) is 2.38. The van der Waals surface area contributed by atoms with Gasteiger partial charge in [0, 0.05) is 4.90 Å². The molecule has 0 fully saturated rings. The van der Waals surface area contributed by atoms with Gasteiger partial charge >= 0.3 is 0 Å². The van der Waals surface area contributed by atoms with Crippen molar-refractivity contribution in [1.29, 1.82) is 5.26 Å². The molecule has 0 aliphatic carbocycles. The number of nitrogens with zero attached hydrogens (tertiary/aromatic N) is 4. The number of fused-ring (bicyclic) bond motifs is 1. The molecule has 86 valence electrons. The summed E-state index contributed by atoms with van der Waals surface area (Å²) in [6, 6.07) is 9.51. The van der Waals surface area contributed by atoms with E-state index in [1.807, 2.05) is 18.2 Å². The topological polar surface area (TPSA) is 78.2 Å². The fourth-order valence-electron chi connectivity index (χ4n) is 1.56. The lowest BCUT2D eigenvalue weighted by atomic mass is 10.2. The number of imidazole rings is 1. The molecule has 3 rings (SSSR count). The summed E-state index contributed by atoms with van der Waals surface area (Å²) in [7, 11) is 0. The van der Waals surface area contributed by atoms with E-state index >= 15 is 0 Å². The summed E-state index contributed by atoms with van der Waals surface area (Å²) in [6.07, 6.45) is 3.08. The zero-order valence-electron chi connectivity index (χ0n) is 9.16. The molecule has 0 unspecified atom stereocenters. The minimum Gasteiger partial charge on any atom is -0.341 e.